The summed E-state index contributed by atoms with van der Waals surface area (Å²) >= 11 is 0. The lowest BCUT2D eigenvalue weighted by Crippen LogP contribution is -2.29. The first kappa shape index (κ1) is 13.1. The van der Waals surface area contributed by atoms with Crippen LogP contribution in [0.4, 0.5) is 5.82 Å². The van der Waals surface area contributed by atoms with Crippen LogP contribution in [0.15, 0.2) is 18.2 Å². The monoisotopic (exact) mass is 249 g/mol. The largest absolute Gasteiger partial charge is 0.481 e. The lowest BCUT2D eigenvalue weighted by Gasteiger charge is -2.20. The number of anilines is 1. The van der Waals surface area contributed by atoms with Gasteiger partial charge in [-0.1, -0.05) is 13.0 Å². The minimum absolute atomic E-state index is 0.635. The number of hydrogen-bond donors (Lipinski definition) is 1. The first-order valence-corrected chi connectivity index (χ1v) is 6.75. The van der Waals surface area contributed by atoms with Gasteiger partial charge in [0, 0.05) is 19.2 Å². The van der Waals surface area contributed by atoms with Gasteiger partial charge in [0.2, 0.25) is 5.88 Å². The van der Waals surface area contributed by atoms with Crippen LogP contribution in [-0.4, -0.2) is 43.2 Å². The molecule has 1 aromatic rings. The molecule has 1 aliphatic rings. The molecule has 18 heavy (non-hydrogen) atoms. The highest BCUT2D eigenvalue weighted by Crippen LogP contribution is 2.13. The summed E-state index contributed by atoms with van der Waals surface area (Å²) in [6, 6.07) is 5.79. The minimum Gasteiger partial charge on any atom is -0.481 e. The molecule has 4 nitrogen and oxygen atoms in total. The van der Waals surface area contributed by atoms with Gasteiger partial charge in [0.05, 0.1) is 7.11 Å². The van der Waals surface area contributed by atoms with Crippen molar-refractivity contribution in [2.75, 3.05) is 38.6 Å². The third kappa shape index (κ3) is 3.88. The van der Waals surface area contributed by atoms with E-state index in [1.807, 2.05) is 18.2 Å². The number of ether oxygens (including phenoxy) is 1. The molecule has 1 unspecified atom stereocenters. The number of likely N-dealkylation sites (tertiary alicyclic amines) is 1. The highest BCUT2D eigenvalue weighted by atomic mass is 16.5. The molecule has 1 saturated heterocycles. The van der Waals surface area contributed by atoms with E-state index in [0.29, 0.717) is 11.8 Å². The average molecular weight is 249 g/mol. The fraction of sp³-hybridized carbons (Fsp3) is 0.643. The third-order valence-electron chi connectivity index (χ3n) is 3.33. The molecule has 1 N–H and O–H groups in total. The van der Waals surface area contributed by atoms with Crippen LogP contribution in [0.25, 0.3) is 0 Å². The maximum atomic E-state index is 5.11. The van der Waals surface area contributed by atoms with Crippen LogP contribution >= 0.6 is 0 Å². The summed E-state index contributed by atoms with van der Waals surface area (Å²) in [5.41, 5.74) is 0. The molecule has 0 spiro atoms. The van der Waals surface area contributed by atoms with Crippen molar-refractivity contribution in [1.82, 2.24) is 9.88 Å². The summed E-state index contributed by atoms with van der Waals surface area (Å²) in [6.07, 6.45) is 2.72. The smallest absolute Gasteiger partial charge is 0.214 e. The van der Waals surface area contributed by atoms with E-state index in [0.717, 1.165) is 12.4 Å². The second kappa shape index (κ2) is 6.59. The van der Waals surface area contributed by atoms with Crippen molar-refractivity contribution >= 4 is 5.82 Å². The Morgan fingerprint density at radius 2 is 2.17 bits per heavy atom. The van der Waals surface area contributed by atoms with E-state index >= 15 is 0 Å². The summed E-state index contributed by atoms with van der Waals surface area (Å²) in [6.45, 7) is 6.95. The minimum atomic E-state index is 0.635. The molecule has 0 aromatic carbocycles. The molecule has 0 bridgehead atoms. The molecule has 0 saturated carbocycles. The topological polar surface area (TPSA) is 37.4 Å². The molecule has 2 heterocycles. The summed E-state index contributed by atoms with van der Waals surface area (Å²) < 4.78 is 5.11. The van der Waals surface area contributed by atoms with Crippen LogP contribution < -0.4 is 10.1 Å². The summed E-state index contributed by atoms with van der Waals surface area (Å²) in [5.74, 6) is 2.19. The molecule has 1 aliphatic heterocycles. The molecule has 4 heteroatoms. The molecule has 0 amide bonds. The van der Waals surface area contributed by atoms with Gasteiger partial charge in [0.1, 0.15) is 5.82 Å². The predicted molar refractivity (Wildman–Crippen MR) is 74.1 cm³/mol. The van der Waals surface area contributed by atoms with Crippen LogP contribution in [0.2, 0.25) is 0 Å². The van der Waals surface area contributed by atoms with E-state index in [1.54, 1.807) is 7.11 Å². The fourth-order valence-corrected chi connectivity index (χ4v) is 2.38. The summed E-state index contributed by atoms with van der Waals surface area (Å²) in [7, 11) is 1.64. The molecular formula is C14H23N3O. The van der Waals surface area contributed by atoms with Gasteiger partial charge in [0.15, 0.2) is 0 Å². The normalized spacial score (nSPS) is 17.7. The lowest BCUT2D eigenvalue weighted by atomic mass is 10.1. The van der Waals surface area contributed by atoms with E-state index in [1.165, 1.54) is 32.5 Å². The van der Waals surface area contributed by atoms with Gasteiger partial charge in [-0.15, -0.1) is 0 Å². The number of nitrogens with zero attached hydrogens (tertiary/aromatic N) is 2. The van der Waals surface area contributed by atoms with E-state index in [9.17, 15) is 0 Å². The van der Waals surface area contributed by atoms with Crippen molar-refractivity contribution in [3.05, 3.63) is 18.2 Å². The lowest BCUT2D eigenvalue weighted by molar-refractivity contribution is 0.294. The Hall–Kier alpha value is -1.29. The fourth-order valence-electron chi connectivity index (χ4n) is 2.38. The van der Waals surface area contributed by atoms with E-state index in [4.69, 9.17) is 4.74 Å². The zero-order chi connectivity index (χ0) is 12.8. The third-order valence-corrected chi connectivity index (χ3v) is 3.33. The zero-order valence-electron chi connectivity index (χ0n) is 11.4. The summed E-state index contributed by atoms with van der Waals surface area (Å²) in [5, 5.41) is 3.38. The number of aromatic nitrogens is 1. The number of pyridine rings is 1. The number of hydrogen-bond acceptors (Lipinski definition) is 4. The SMILES string of the molecule is COc1cccc(NCC(C)CN2CCCC2)n1. The molecule has 100 valence electrons. The highest BCUT2D eigenvalue weighted by Gasteiger charge is 2.14. The van der Waals surface area contributed by atoms with Crippen LogP contribution in [-0.2, 0) is 0 Å². The van der Waals surface area contributed by atoms with Crippen LogP contribution in [0.3, 0.4) is 0 Å². The number of nitrogens with one attached hydrogen (secondary N) is 1. The Bertz CT molecular complexity index is 364. The highest BCUT2D eigenvalue weighted by molar-refractivity contribution is 5.36. The van der Waals surface area contributed by atoms with Crippen molar-refractivity contribution in [2.45, 2.75) is 19.8 Å². The van der Waals surface area contributed by atoms with E-state index in [2.05, 4.69) is 22.1 Å². The van der Waals surface area contributed by atoms with Gasteiger partial charge in [0.25, 0.3) is 0 Å². The Labute approximate surface area is 109 Å². The standard InChI is InChI=1S/C14H23N3O/c1-12(11-17-8-3-4-9-17)10-15-13-6-5-7-14(16-13)18-2/h5-7,12H,3-4,8-11H2,1-2H3,(H,15,16). The Balaban J connectivity index is 1.75. The van der Waals surface area contributed by atoms with Crippen molar-refractivity contribution in [2.24, 2.45) is 5.92 Å². The first-order valence-electron chi connectivity index (χ1n) is 6.75. The molecule has 0 aliphatic carbocycles. The number of methoxy groups -OCH3 is 1. The molecule has 1 fully saturated rings. The van der Waals surface area contributed by atoms with E-state index in [-0.39, 0.29) is 0 Å². The van der Waals surface area contributed by atoms with Gasteiger partial charge in [-0.25, -0.2) is 0 Å². The average Bonchev–Trinajstić information content (AvgIpc) is 2.89. The maximum Gasteiger partial charge on any atom is 0.214 e. The second-order valence-corrected chi connectivity index (χ2v) is 5.06. The van der Waals surface area contributed by atoms with Crippen LogP contribution in [0.5, 0.6) is 5.88 Å². The summed E-state index contributed by atoms with van der Waals surface area (Å²) in [4.78, 5) is 6.90. The van der Waals surface area contributed by atoms with Crippen molar-refractivity contribution in [1.29, 1.82) is 0 Å². The molecular weight excluding hydrogens is 226 g/mol. The second-order valence-electron chi connectivity index (χ2n) is 5.06. The van der Waals surface area contributed by atoms with E-state index < -0.39 is 0 Å². The van der Waals surface area contributed by atoms with Gasteiger partial charge in [-0.2, -0.15) is 4.98 Å². The van der Waals surface area contributed by atoms with Gasteiger partial charge < -0.3 is 15.0 Å². The Morgan fingerprint density at radius 3 is 2.89 bits per heavy atom. The molecule has 1 atom stereocenters. The zero-order valence-corrected chi connectivity index (χ0v) is 11.4. The quantitative estimate of drug-likeness (QED) is 0.839. The Kier molecular flexibility index (Phi) is 4.81. The van der Waals surface area contributed by atoms with Gasteiger partial charge in [-0.3, -0.25) is 0 Å². The molecule has 1 aromatic heterocycles. The number of rotatable bonds is 6. The van der Waals surface area contributed by atoms with Crippen LogP contribution in [0.1, 0.15) is 19.8 Å². The van der Waals surface area contributed by atoms with Gasteiger partial charge >= 0.3 is 0 Å². The molecule has 0 radical (unpaired) electrons. The van der Waals surface area contributed by atoms with Crippen molar-refractivity contribution < 1.29 is 4.74 Å². The maximum absolute atomic E-state index is 5.11. The first-order chi connectivity index (χ1) is 8.78. The Morgan fingerprint density at radius 1 is 1.39 bits per heavy atom. The van der Waals surface area contributed by atoms with Crippen LogP contribution in [0, 0.1) is 5.92 Å². The predicted octanol–water partition coefficient (Wildman–Crippen LogP) is 2.23. The van der Waals surface area contributed by atoms with Crippen molar-refractivity contribution in [3.8, 4) is 5.88 Å². The van der Waals surface area contributed by atoms with Gasteiger partial charge in [-0.05, 0) is 37.9 Å². The van der Waals surface area contributed by atoms with Crippen molar-refractivity contribution in [3.63, 3.8) is 0 Å². The molecule has 2 rings (SSSR count).